The molecule has 2 rings (SSSR count). The van der Waals surface area contributed by atoms with Gasteiger partial charge in [0.05, 0.1) is 6.54 Å². The van der Waals surface area contributed by atoms with Crippen LogP contribution in [0.3, 0.4) is 0 Å². The van der Waals surface area contributed by atoms with Gasteiger partial charge in [0.1, 0.15) is 0 Å². The number of rotatable bonds is 4. The summed E-state index contributed by atoms with van der Waals surface area (Å²) in [6.07, 6.45) is 0. The first-order valence-corrected chi connectivity index (χ1v) is 6.56. The van der Waals surface area contributed by atoms with Crippen molar-refractivity contribution in [2.24, 2.45) is 0 Å². The van der Waals surface area contributed by atoms with E-state index in [1.54, 1.807) is 0 Å². The Kier molecular flexibility index (Phi) is 4.99. The maximum absolute atomic E-state index is 11.8. The van der Waals surface area contributed by atoms with Gasteiger partial charge in [-0.1, -0.05) is 29.8 Å². The van der Waals surface area contributed by atoms with Gasteiger partial charge >= 0.3 is 0 Å². The van der Waals surface area contributed by atoms with E-state index in [1.165, 1.54) is 0 Å². The summed E-state index contributed by atoms with van der Waals surface area (Å²) < 4.78 is 0. The van der Waals surface area contributed by atoms with Crippen LogP contribution in [0.2, 0.25) is 5.02 Å². The second-order valence-electron chi connectivity index (χ2n) is 4.39. The number of carbonyl (C=O) groups is 1. The number of carbonyl (C=O) groups excluding carboxylic acids is 1. The molecule has 98 valence electrons. The van der Waals surface area contributed by atoms with E-state index in [0.29, 0.717) is 18.1 Å². The normalized spacial score (nSPS) is 16.5. The van der Waals surface area contributed by atoms with Crippen LogP contribution in [0.5, 0.6) is 0 Å². The summed E-state index contributed by atoms with van der Waals surface area (Å²) in [4.78, 5) is 13.9. The zero-order chi connectivity index (χ0) is 12.8. The number of halogens is 1. The Morgan fingerprint density at radius 2 is 2.06 bits per heavy atom. The van der Waals surface area contributed by atoms with E-state index in [1.807, 2.05) is 24.3 Å². The van der Waals surface area contributed by atoms with E-state index in [4.69, 9.17) is 11.6 Å². The predicted octanol–water partition coefficient (Wildman–Crippen LogP) is 0.861. The van der Waals surface area contributed by atoms with Crippen LogP contribution in [0.15, 0.2) is 24.3 Å². The van der Waals surface area contributed by atoms with Gasteiger partial charge < -0.3 is 10.6 Å². The molecule has 0 spiro atoms. The summed E-state index contributed by atoms with van der Waals surface area (Å²) in [5.41, 5.74) is 0.952. The number of piperazine rings is 1. The Labute approximate surface area is 112 Å². The largest absolute Gasteiger partial charge is 0.351 e. The van der Waals surface area contributed by atoms with Crippen molar-refractivity contribution < 1.29 is 4.79 Å². The average Bonchev–Trinajstić information content (AvgIpc) is 2.39. The molecule has 5 heteroatoms. The highest BCUT2D eigenvalue weighted by Gasteiger charge is 2.13. The molecule has 18 heavy (non-hydrogen) atoms. The molecule has 1 amide bonds. The molecule has 1 saturated heterocycles. The number of benzene rings is 1. The Hall–Kier alpha value is -1.10. The van der Waals surface area contributed by atoms with Crippen molar-refractivity contribution in [1.82, 2.24) is 15.5 Å². The molecule has 0 radical (unpaired) electrons. The molecule has 0 saturated carbocycles. The maximum atomic E-state index is 11.8. The lowest BCUT2D eigenvalue weighted by molar-refractivity contribution is -0.122. The van der Waals surface area contributed by atoms with Crippen LogP contribution in [-0.4, -0.2) is 43.5 Å². The third-order valence-corrected chi connectivity index (χ3v) is 3.38. The van der Waals surface area contributed by atoms with Gasteiger partial charge in [0.15, 0.2) is 0 Å². The van der Waals surface area contributed by atoms with Crippen LogP contribution in [0.4, 0.5) is 0 Å². The zero-order valence-corrected chi connectivity index (χ0v) is 11.0. The van der Waals surface area contributed by atoms with Crippen molar-refractivity contribution in [2.75, 3.05) is 32.7 Å². The van der Waals surface area contributed by atoms with Crippen LogP contribution in [-0.2, 0) is 11.3 Å². The Morgan fingerprint density at radius 1 is 1.33 bits per heavy atom. The number of nitrogens with one attached hydrogen (secondary N) is 2. The monoisotopic (exact) mass is 267 g/mol. The van der Waals surface area contributed by atoms with Gasteiger partial charge in [0.25, 0.3) is 0 Å². The number of amides is 1. The van der Waals surface area contributed by atoms with Gasteiger partial charge in [-0.25, -0.2) is 0 Å². The Morgan fingerprint density at radius 3 is 2.78 bits per heavy atom. The lowest BCUT2D eigenvalue weighted by Gasteiger charge is -2.26. The third-order valence-electron chi connectivity index (χ3n) is 3.01. The van der Waals surface area contributed by atoms with E-state index < -0.39 is 0 Å². The lowest BCUT2D eigenvalue weighted by atomic mass is 10.2. The van der Waals surface area contributed by atoms with Gasteiger partial charge in [-0.2, -0.15) is 0 Å². The smallest absolute Gasteiger partial charge is 0.234 e. The van der Waals surface area contributed by atoms with E-state index in [-0.39, 0.29) is 5.91 Å². The first kappa shape index (κ1) is 13.3. The molecule has 0 atom stereocenters. The Balaban J connectivity index is 1.76. The quantitative estimate of drug-likeness (QED) is 0.851. The highest BCUT2D eigenvalue weighted by molar-refractivity contribution is 6.31. The van der Waals surface area contributed by atoms with Crippen LogP contribution in [0, 0.1) is 0 Å². The molecule has 1 aromatic rings. The lowest BCUT2D eigenvalue weighted by Crippen LogP contribution is -2.47. The molecule has 2 N–H and O–H groups in total. The van der Waals surface area contributed by atoms with Crippen molar-refractivity contribution >= 4 is 17.5 Å². The minimum absolute atomic E-state index is 0.0526. The number of hydrogen-bond acceptors (Lipinski definition) is 3. The second kappa shape index (κ2) is 6.73. The van der Waals surface area contributed by atoms with E-state index >= 15 is 0 Å². The molecular formula is C13H18ClN3O. The molecule has 0 bridgehead atoms. The number of nitrogens with zero attached hydrogens (tertiary/aromatic N) is 1. The van der Waals surface area contributed by atoms with Crippen molar-refractivity contribution in [3.63, 3.8) is 0 Å². The van der Waals surface area contributed by atoms with Crippen LogP contribution in [0.1, 0.15) is 5.56 Å². The standard InChI is InChI=1S/C13H18ClN3O/c14-12-4-2-1-3-11(12)9-16-13(18)10-17-7-5-15-6-8-17/h1-4,15H,5-10H2,(H,16,18). The number of hydrogen-bond donors (Lipinski definition) is 2. The van der Waals surface area contributed by atoms with Gasteiger partial charge in [0.2, 0.25) is 5.91 Å². The minimum Gasteiger partial charge on any atom is -0.351 e. The molecule has 1 fully saturated rings. The predicted molar refractivity (Wildman–Crippen MR) is 72.6 cm³/mol. The van der Waals surface area contributed by atoms with Crippen molar-refractivity contribution in [1.29, 1.82) is 0 Å². The van der Waals surface area contributed by atoms with E-state index in [2.05, 4.69) is 15.5 Å². The summed E-state index contributed by atoms with van der Waals surface area (Å²) >= 11 is 6.03. The van der Waals surface area contributed by atoms with Crippen LogP contribution >= 0.6 is 11.6 Å². The fourth-order valence-corrected chi connectivity index (χ4v) is 2.17. The highest BCUT2D eigenvalue weighted by atomic mass is 35.5. The molecule has 0 aromatic heterocycles. The van der Waals surface area contributed by atoms with Gasteiger partial charge in [-0.3, -0.25) is 9.69 Å². The molecule has 0 unspecified atom stereocenters. The van der Waals surface area contributed by atoms with Crippen LogP contribution < -0.4 is 10.6 Å². The molecular weight excluding hydrogens is 250 g/mol. The second-order valence-corrected chi connectivity index (χ2v) is 4.80. The van der Waals surface area contributed by atoms with Crippen molar-refractivity contribution in [2.45, 2.75) is 6.54 Å². The van der Waals surface area contributed by atoms with Gasteiger partial charge in [-0.15, -0.1) is 0 Å². The minimum atomic E-state index is 0.0526. The zero-order valence-electron chi connectivity index (χ0n) is 10.3. The molecule has 0 aliphatic carbocycles. The van der Waals surface area contributed by atoms with E-state index in [9.17, 15) is 4.79 Å². The topological polar surface area (TPSA) is 44.4 Å². The average molecular weight is 268 g/mol. The summed E-state index contributed by atoms with van der Waals surface area (Å²) in [6.45, 7) is 4.73. The van der Waals surface area contributed by atoms with E-state index in [0.717, 1.165) is 31.7 Å². The fourth-order valence-electron chi connectivity index (χ4n) is 1.96. The molecule has 1 heterocycles. The van der Waals surface area contributed by atoms with Crippen molar-refractivity contribution in [3.05, 3.63) is 34.9 Å². The first-order valence-electron chi connectivity index (χ1n) is 6.19. The van der Waals surface area contributed by atoms with Gasteiger partial charge in [-0.05, 0) is 11.6 Å². The third kappa shape index (κ3) is 3.98. The summed E-state index contributed by atoms with van der Waals surface area (Å²) in [7, 11) is 0. The fraction of sp³-hybridized carbons (Fsp3) is 0.462. The molecule has 1 aliphatic rings. The van der Waals surface area contributed by atoms with Crippen molar-refractivity contribution in [3.8, 4) is 0 Å². The Bertz CT molecular complexity index is 405. The highest BCUT2D eigenvalue weighted by Crippen LogP contribution is 2.14. The van der Waals surface area contributed by atoms with Crippen LogP contribution in [0.25, 0.3) is 0 Å². The van der Waals surface area contributed by atoms with Gasteiger partial charge in [0, 0.05) is 37.7 Å². The maximum Gasteiger partial charge on any atom is 0.234 e. The summed E-state index contributed by atoms with van der Waals surface area (Å²) in [6, 6.07) is 7.56. The first-order chi connectivity index (χ1) is 8.75. The SMILES string of the molecule is O=C(CN1CCNCC1)NCc1ccccc1Cl. The summed E-state index contributed by atoms with van der Waals surface area (Å²) in [5, 5.41) is 6.86. The molecule has 1 aliphatic heterocycles. The summed E-state index contributed by atoms with van der Waals surface area (Å²) in [5.74, 6) is 0.0526. The molecule has 4 nitrogen and oxygen atoms in total. The molecule has 1 aromatic carbocycles.